The van der Waals surface area contributed by atoms with Crippen molar-refractivity contribution in [3.63, 3.8) is 0 Å². The summed E-state index contributed by atoms with van der Waals surface area (Å²) in [5.74, 6) is 0.835. The van der Waals surface area contributed by atoms with Crippen LogP contribution in [0, 0.1) is 5.92 Å². The first-order valence-corrected chi connectivity index (χ1v) is 8.20. The number of rotatable bonds is 5. The number of nitrogens with zero attached hydrogens (tertiary/aromatic N) is 2. The second-order valence-corrected chi connectivity index (χ2v) is 6.82. The van der Waals surface area contributed by atoms with E-state index in [1.807, 2.05) is 0 Å². The average molecular weight is 268 g/mol. The smallest absolute Gasteiger partial charge is 0.0695 e. The molecule has 0 aromatic heterocycles. The van der Waals surface area contributed by atoms with Gasteiger partial charge in [0.1, 0.15) is 0 Å². The summed E-state index contributed by atoms with van der Waals surface area (Å²) in [6.07, 6.45) is 8.58. The van der Waals surface area contributed by atoms with E-state index in [-0.39, 0.29) is 6.10 Å². The van der Waals surface area contributed by atoms with Crippen molar-refractivity contribution in [1.82, 2.24) is 9.80 Å². The third-order valence-corrected chi connectivity index (χ3v) is 5.32. The predicted octanol–water partition coefficient (Wildman–Crippen LogP) is 2.34. The molecule has 1 aliphatic heterocycles. The molecule has 3 heteroatoms. The molecular formula is C16H32N2O. The van der Waals surface area contributed by atoms with Crippen LogP contribution in [0.4, 0.5) is 0 Å². The van der Waals surface area contributed by atoms with Gasteiger partial charge < -0.3 is 10.0 Å². The second kappa shape index (κ2) is 7.05. The number of likely N-dealkylation sites (N-methyl/N-ethyl adjacent to an activating group) is 2. The molecule has 2 fully saturated rings. The maximum Gasteiger partial charge on any atom is 0.0695 e. The van der Waals surface area contributed by atoms with Gasteiger partial charge in [-0.3, -0.25) is 4.90 Å². The van der Waals surface area contributed by atoms with Crippen LogP contribution in [0.1, 0.15) is 51.9 Å². The van der Waals surface area contributed by atoms with Gasteiger partial charge in [0.25, 0.3) is 0 Å². The highest BCUT2D eigenvalue weighted by atomic mass is 16.3. The van der Waals surface area contributed by atoms with E-state index in [0.29, 0.717) is 12.1 Å². The fourth-order valence-corrected chi connectivity index (χ4v) is 4.04. The van der Waals surface area contributed by atoms with E-state index in [2.05, 4.69) is 30.8 Å². The molecule has 112 valence electrons. The third kappa shape index (κ3) is 3.93. The maximum absolute atomic E-state index is 10.3. The van der Waals surface area contributed by atoms with Crippen LogP contribution in [0.15, 0.2) is 0 Å². The summed E-state index contributed by atoms with van der Waals surface area (Å²) >= 11 is 0. The van der Waals surface area contributed by atoms with Gasteiger partial charge in [-0.2, -0.15) is 0 Å². The monoisotopic (exact) mass is 268 g/mol. The summed E-state index contributed by atoms with van der Waals surface area (Å²) in [5, 5.41) is 10.3. The zero-order valence-electron chi connectivity index (χ0n) is 13.0. The van der Waals surface area contributed by atoms with E-state index in [9.17, 15) is 5.11 Å². The third-order valence-electron chi connectivity index (χ3n) is 5.32. The number of hydrogen-bond donors (Lipinski definition) is 1. The van der Waals surface area contributed by atoms with E-state index in [1.165, 1.54) is 45.1 Å². The molecule has 2 aliphatic rings. The summed E-state index contributed by atoms with van der Waals surface area (Å²) in [6.45, 7) is 4.64. The predicted molar refractivity (Wildman–Crippen MR) is 80.3 cm³/mol. The van der Waals surface area contributed by atoms with Crippen molar-refractivity contribution in [3.8, 4) is 0 Å². The van der Waals surface area contributed by atoms with E-state index in [4.69, 9.17) is 0 Å². The molecule has 4 atom stereocenters. The largest absolute Gasteiger partial charge is 0.391 e. The Balaban J connectivity index is 1.86. The highest BCUT2D eigenvalue weighted by Crippen LogP contribution is 2.31. The van der Waals surface area contributed by atoms with Gasteiger partial charge in [-0.25, -0.2) is 0 Å². The fourth-order valence-electron chi connectivity index (χ4n) is 4.04. The number of likely N-dealkylation sites (tertiary alicyclic amines) is 1. The van der Waals surface area contributed by atoms with Crippen molar-refractivity contribution in [3.05, 3.63) is 0 Å². The lowest BCUT2D eigenvalue weighted by molar-refractivity contribution is 0.00571. The van der Waals surface area contributed by atoms with Crippen LogP contribution in [0.3, 0.4) is 0 Å². The summed E-state index contributed by atoms with van der Waals surface area (Å²) in [4.78, 5) is 4.92. The minimum atomic E-state index is -0.107. The van der Waals surface area contributed by atoms with Gasteiger partial charge in [-0.05, 0) is 58.7 Å². The Bertz CT molecular complexity index is 271. The highest BCUT2D eigenvalue weighted by Gasteiger charge is 2.33. The molecule has 0 spiro atoms. The van der Waals surface area contributed by atoms with Crippen molar-refractivity contribution >= 4 is 0 Å². The first-order chi connectivity index (χ1) is 9.11. The lowest BCUT2D eigenvalue weighted by Gasteiger charge is -2.40. The average Bonchev–Trinajstić information content (AvgIpc) is 2.77. The molecule has 0 aromatic carbocycles. The van der Waals surface area contributed by atoms with Crippen LogP contribution in [0.25, 0.3) is 0 Å². The molecule has 0 amide bonds. The zero-order valence-corrected chi connectivity index (χ0v) is 13.0. The van der Waals surface area contributed by atoms with Gasteiger partial charge in [0.2, 0.25) is 0 Å². The molecule has 19 heavy (non-hydrogen) atoms. The quantitative estimate of drug-likeness (QED) is 0.829. The first-order valence-electron chi connectivity index (χ1n) is 8.20. The first kappa shape index (κ1) is 15.3. The van der Waals surface area contributed by atoms with Crippen molar-refractivity contribution in [1.29, 1.82) is 0 Å². The van der Waals surface area contributed by atoms with E-state index in [1.54, 1.807) is 0 Å². The molecule has 1 aliphatic carbocycles. The molecular weight excluding hydrogens is 236 g/mol. The lowest BCUT2D eigenvalue weighted by atomic mass is 9.81. The Morgan fingerprint density at radius 3 is 2.68 bits per heavy atom. The van der Waals surface area contributed by atoms with Crippen molar-refractivity contribution in [2.45, 2.75) is 70.1 Å². The summed E-state index contributed by atoms with van der Waals surface area (Å²) in [6, 6.07) is 1.09. The lowest BCUT2D eigenvalue weighted by Crippen LogP contribution is -2.49. The van der Waals surface area contributed by atoms with Gasteiger partial charge in [-0.15, -0.1) is 0 Å². The van der Waals surface area contributed by atoms with E-state index >= 15 is 0 Å². The Labute approximate surface area is 119 Å². The van der Waals surface area contributed by atoms with Crippen LogP contribution < -0.4 is 0 Å². The van der Waals surface area contributed by atoms with Gasteiger partial charge in [0, 0.05) is 18.6 Å². The highest BCUT2D eigenvalue weighted by molar-refractivity contribution is 4.88. The molecule has 1 heterocycles. The molecule has 3 nitrogen and oxygen atoms in total. The molecule has 0 aromatic rings. The standard InChI is InChI=1S/C16H32N2O/c1-4-6-13-8-9-16(19)15(11-13)18(3)12-14-7-5-10-17(14)2/h13-16,19H,4-12H2,1-3H3. The summed E-state index contributed by atoms with van der Waals surface area (Å²) in [5.41, 5.74) is 0. The molecule has 1 saturated carbocycles. The molecule has 1 N–H and O–H groups in total. The Kier molecular flexibility index (Phi) is 5.67. The summed E-state index contributed by atoms with van der Waals surface area (Å²) in [7, 11) is 4.46. The van der Waals surface area contributed by atoms with Crippen LogP contribution in [0.2, 0.25) is 0 Å². The maximum atomic E-state index is 10.3. The van der Waals surface area contributed by atoms with Crippen LogP contribution in [-0.2, 0) is 0 Å². The van der Waals surface area contributed by atoms with E-state index < -0.39 is 0 Å². The van der Waals surface area contributed by atoms with Gasteiger partial charge in [0.05, 0.1) is 6.10 Å². The van der Waals surface area contributed by atoms with Crippen LogP contribution in [0.5, 0.6) is 0 Å². The Morgan fingerprint density at radius 1 is 1.26 bits per heavy atom. The zero-order chi connectivity index (χ0) is 13.8. The van der Waals surface area contributed by atoms with Gasteiger partial charge in [0.15, 0.2) is 0 Å². The van der Waals surface area contributed by atoms with E-state index in [0.717, 1.165) is 18.9 Å². The molecule has 0 radical (unpaired) electrons. The minimum Gasteiger partial charge on any atom is -0.391 e. The molecule has 0 bridgehead atoms. The Hall–Kier alpha value is -0.120. The number of aliphatic hydroxyl groups excluding tert-OH is 1. The SMILES string of the molecule is CCCC1CCC(O)C(N(C)CC2CCCN2C)C1. The normalized spacial score (nSPS) is 37.1. The van der Waals surface area contributed by atoms with Crippen molar-refractivity contribution in [2.75, 3.05) is 27.2 Å². The van der Waals surface area contributed by atoms with Crippen LogP contribution >= 0.6 is 0 Å². The second-order valence-electron chi connectivity index (χ2n) is 6.82. The van der Waals surface area contributed by atoms with Crippen molar-refractivity contribution < 1.29 is 5.11 Å². The van der Waals surface area contributed by atoms with Crippen molar-refractivity contribution in [2.24, 2.45) is 5.92 Å². The number of aliphatic hydroxyl groups is 1. The van der Waals surface area contributed by atoms with Gasteiger partial charge in [-0.1, -0.05) is 19.8 Å². The van der Waals surface area contributed by atoms with Crippen LogP contribution in [-0.4, -0.2) is 60.3 Å². The fraction of sp³-hybridized carbons (Fsp3) is 1.00. The topological polar surface area (TPSA) is 26.7 Å². The molecule has 1 saturated heterocycles. The Morgan fingerprint density at radius 2 is 2.05 bits per heavy atom. The minimum absolute atomic E-state index is 0.107. The summed E-state index contributed by atoms with van der Waals surface area (Å²) < 4.78 is 0. The van der Waals surface area contributed by atoms with Gasteiger partial charge >= 0.3 is 0 Å². The molecule has 4 unspecified atom stereocenters. The number of hydrogen-bond acceptors (Lipinski definition) is 3. The molecule has 2 rings (SSSR count).